The highest BCUT2D eigenvalue weighted by Gasteiger charge is 2.43. The Kier molecular flexibility index (Phi) is 9.08. The predicted octanol–water partition coefficient (Wildman–Crippen LogP) is 6.66. The molecule has 0 saturated heterocycles. The summed E-state index contributed by atoms with van der Waals surface area (Å²) >= 11 is 0. The Bertz CT molecular complexity index is 1180. The number of hydrogen-bond donors (Lipinski definition) is 4. The highest BCUT2D eigenvalue weighted by Crippen LogP contribution is 2.33. The summed E-state index contributed by atoms with van der Waals surface area (Å²) in [6.45, 7) is 7.32. The van der Waals surface area contributed by atoms with Crippen molar-refractivity contribution in [3.05, 3.63) is 64.5 Å². The molecule has 1 fully saturated rings. The van der Waals surface area contributed by atoms with Crippen LogP contribution in [0.2, 0.25) is 0 Å². The van der Waals surface area contributed by atoms with Crippen molar-refractivity contribution < 1.29 is 23.9 Å². The van der Waals surface area contributed by atoms with Crippen molar-refractivity contribution in [1.29, 1.82) is 0 Å². The summed E-state index contributed by atoms with van der Waals surface area (Å²) in [5.41, 5.74) is 1.79. The number of carbonyl (C=O) groups is 3. The first-order chi connectivity index (χ1) is 17.5. The molecule has 0 unspecified atom stereocenters. The molecule has 37 heavy (non-hydrogen) atoms. The van der Waals surface area contributed by atoms with Crippen LogP contribution in [-0.2, 0) is 4.79 Å². The normalized spacial score (nSPS) is 15.7. The standard InChI is InChI=1S/C29H36FN3O4/c1-5-6-10-20-15-18(2)25(19(3)16-20)32-28(37)31-24-17-22(30)13-14-23(24)26(34)33-29(4,27(35)36)21-11-8-7-9-12-21/h6,10,13-17,21H,5,7-9,11-12H2,1-4H3,(H,33,34)(H,35,36)(H2,31,32,37)/b10-6+/t29-/m0/s1. The lowest BCUT2D eigenvalue weighted by Gasteiger charge is -2.37. The molecule has 0 aliphatic heterocycles. The molecule has 8 heteroatoms. The molecule has 1 aliphatic carbocycles. The predicted molar refractivity (Wildman–Crippen MR) is 144 cm³/mol. The minimum Gasteiger partial charge on any atom is -0.480 e. The lowest BCUT2D eigenvalue weighted by atomic mass is 9.75. The summed E-state index contributed by atoms with van der Waals surface area (Å²) in [5, 5.41) is 18.0. The number of benzene rings is 2. The highest BCUT2D eigenvalue weighted by atomic mass is 19.1. The minimum atomic E-state index is -1.48. The molecule has 198 valence electrons. The number of carbonyl (C=O) groups excluding carboxylic acids is 2. The van der Waals surface area contributed by atoms with Crippen molar-refractivity contribution in [2.24, 2.45) is 5.92 Å². The summed E-state index contributed by atoms with van der Waals surface area (Å²) in [5.74, 6) is -2.67. The maximum absolute atomic E-state index is 14.1. The van der Waals surface area contributed by atoms with E-state index in [0.29, 0.717) is 18.5 Å². The van der Waals surface area contributed by atoms with Gasteiger partial charge < -0.3 is 21.1 Å². The fourth-order valence-electron chi connectivity index (χ4n) is 4.94. The van der Waals surface area contributed by atoms with Gasteiger partial charge in [-0.15, -0.1) is 0 Å². The van der Waals surface area contributed by atoms with Gasteiger partial charge in [0.25, 0.3) is 5.91 Å². The van der Waals surface area contributed by atoms with Gasteiger partial charge in [-0.25, -0.2) is 14.0 Å². The maximum atomic E-state index is 14.1. The summed E-state index contributed by atoms with van der Waals surface area (Å²) in [4.78, 5) is 38.3. The molecule has 1 atom stereocenters. The van der Waals surface area contributed by atoms with E-state index in [-0.39, 0.29) is 17.2 Å². The van der Waals surface area contributed by atoms with E-state index >= 15 is 0 Å². The second kappa shape index (κ2) is 12.0. The molecule has 2 aromatic carbocycles. The summed E-state index contributed by atoms with van der Waals surface area (Å²) in [6, 6.07) is 6.66. The zero-order valence-corrected chi connectivity index (χ0v) is 21.9. The molecule has 1 aliphatic rings. The van der Waals surface area contributed by atoms with Gasteiger partial charge in [-0.2, -0.15) is 0 Å². The van der Waals surface area contributed by atoms with E-state index in [2.05, 4.69) is 22.9 Å². The van der Waals surface area contributed by atoms with Gasteiger partial charge in [-0.3, -0.25) is 4.79 Å². The number of carboxylic acids is 1. The first kappa shape index (κ1) is 27.9. The molecule has 3 rings (SSSR count). The number of rotatable bonds is 8. The van der Waals surface area contributed by atoms with Crippen molar-refractivity contribution in [3.63, 3.8) is 0 Å². The van der Waals surface area contributed by atoms with Crippen LogP contribution in [0.5, 0.6) is 0 Å². The van der Waals surface area contributed by atoms with Gasteiger partial charge in [0, 0.05) is 5.69 Å². The van der Waals surface area contributed by atoms with Crippen LogP contribution in [-0.4, -0.2) is 28.6 Å². The molecule has 0 aromatic heterocycles. The number of carboxylic acid groups (broad SMARTS) is 1. The fraction of sp³-hybridized carbons (Fsp3) is 0.414. The Morgan fingerprint density at radius 1 is 1.05 bits per heavy atom. The Morgan fingerprint density at radius 3 is 2.30 bits per heavy atom. The van der Waals surface area contributed by atoms with Gasteiger partial charge in [-0.1, -0.05) is 38.3 Å². The molecule has 0 radical (unpaired) electrons. The maximum Gasteiger partial charge on any atom is 0.329 e. The SMILES string of the molecule is CC/C=C/c1cc(C)c(NC(=O)Nc2cc(F)ccc2C(=O)N[C@](C)(C(=O)O)C2CCCCC2)c(C)c1. The van der Waals surface area contributed by atoms with Crippen molar-refractivity contribution in [3.8, 4) is 0 Å². The topological polar surface area (TPSA) is 108 Å². The van der Waals surface area contributed by atoms with Gasteiger partial charge in [0.05, 0.1) is 11.3 Å². The molecule has 1 saturated carbocycles. The van der Waals surface area contributed by atoms with Crippen LogP contribution in [0.3, 0.4) is 0 Å². The zero-order valence-electron chi connectivity index (χ0n) is 21.9. The first-order valence-corrected chi connectivity index (χ1v) is 12.8. The Balaban J connectivity index is 1.81. The van der Waals surface area contributed by atoms with E-state index in [4.69, 9.17) is 0 Å². The van der Waals surface area contributed by atoms with Crippen LogP contribution >= 0.6 is 0 Å². The monoisotopic (exact) mass is 509 g/mol. The average molecular weight is 510 g/mol. The molecular formula is C29H36FN3O4. The summed E-state index contributed by atoms with van der Waals surface area (Å²) < 4.78 is 14.1. The quantitative estimate of drug-likeness (QED) is 0.319. The second-order valence-corrected chi connectivity index (χ2v) is 9.91. The summed E-state index contributed by atoms with van der Waals surface area (Å²) in [6.07, 6.45) is 9.23. The van der Waals surface area contributed by atoms with E-state index in [0.717, 1.165) is 54.5 Å². The van der Waals surface area contributed by atoms with Crippen molar-refractivity contribution in [1.82, 2.24) is 5.32 Å². The molecule has 3 amide bonds. The lowest BCUT2D eigenvalue weighted by molar-refractivity contribution is -0.146. The van der Waals surface area contributed by atoms with Gasteiger partial charge >= 0.3 is 12.0 Å². The average Bonchev–Trinajstić information content (AvgIpc) is 2.85. The van der Waals surface area contributed by atoms with Crippen LogP contribution in [0.25, 0.3) is 6.08 Å². The van der Waals surface area contributed by atoms with Gasteiger partial charge in [0.1, 0.15) is 11.4 Å². The van der Waals surface area contributed by atoms with Crippen molar-refractivity contribution in [2.75, 3.05) is 10.6 Å². The number of amides is 3. The van der Waals surface area contributed by atoms with Gasteiger partial charge in [0.2, 0.25) is 0 Å². The van der Waals surface area contributed by atoms with Crippen molar-refractivity contribution in [2.45, 2.75) is 71.8 Å². The van der Waals surface area contributed by atoms with Gasteiger partial charge in [0.15, 0.2) is 0 Å². The third-order valence-electron chi connectivity index (χ3n) is 7.05. The molecule has 2 aromatic rings. The van der Waals surface area contributed by atoms with E-state index in [1.807, 2.05) is 38.1 Å². The lowest BCUT2D eigenvalue weighted by Crippen LogP contribution is -2.57. The van der Waals surface area contributed by atoms with E-state index in [1.165, 1.54) is 13.0 Å². The van der Waals surface area contributed by atoms with Crippen LogP contribution in [0.15, 0.2) is 36.4 Å². The highest BCUT2D eigenvalue weighted by molar-refractivity contribution is 6.08. The molecule has 0 spiro atoms. The Morgan fingerprint density at radius 2 is 1.70 bits per heavy atom. The van der Waals surface area contributed by atoms with E-state index in [9.17, 15) is 23.9 Å². The van der Waals surface area contributed by atoms with Gasteiger partial charge in [-0.05, 0) is 93.0 Å². The number of hydrogen-bond acceptors (Lipinski definition) is 3. The minimum absolute atomic E-state index is 0.0201. The van der Waals surface area contributed by atoms with Crippen LogP contribution in [0.1, 0.15) is 79.4 Å². The number of halogens is 1. The van der Waals surface area contributed by atoms with E-state index in [1.54, 1.807) is 0 Å². The smallest absolute Gasteiger partial charge is 0.329 e. The van der Waals surface area contributed by atoms with Crippen LogP contribution < -0.4 is 16.0 Å². The number of anilines is 2. The zero-order chi connectivity index (χ0) is 27.2. The van der Waals surface area contributed by atoms with Crippen LogP contribution in [0.4, 0.5) is 20.6 Å². The molecule has 0 bridgehead atoms. The second-order valence-electron chi connectivity index (χ2n) is 9.91. The number of aliphatic carboxylic acids is 1. The Hall–Kier alpha value is -3.68. The molecule has 0 heterocycles. The fourth-order valence-corrected chi connectivity index (χ4v) is 4.94. The Labute approximate surface area is 217 Å². The molecular weight excluding hydrogens is 473 g/mol. The van der Waals surface area contributed by atoms with E-state index < -0.39 is 29.3 Å². The summed E-state index contributed by atoms with van der Waals surface area (Å²) in [7, 11) is 0. The largest absolute Gasteiger partial charge is 0.480 e. The first-order valence-electron chi connectivity index (χ1n) is 12.8. The number of urea groups is 1. The molecule has 7 nitrogen and oxygen atoms in total. The molecule has 4 N–H and O–H groups in total. The number of aryl methyl sites for hydroxylation is 2. The third kappa shape index (κ3) is 6.76. The van der Waals surface area contributed by atoms with Crippen molar-refractivity contribution >= 4 is 35.4 Å². The number of nitrogens with one attached hydrogen (secondary N) is 3. The third-order valence-corrected chi connectivity index (χ3v) is 7.05. The number of allylic oxidation sites excluding steroid dienone is 1. The van der Waals surface area contributed by atoms with Crippen LogP contribution in [0, 0.1) is 25.6 Å².